The molecule has 1 unspecified atom stereocenters. The molecule has 4 rings (SSSR count). The fourth-order valence-electron chi connectivity index (χ4n) is 3.70. The van der Waals surface area contributed by atoms with Crippen molar-refractivity contribution in [2.75, 3.05) is 7.11 Å². The van der Waals surface area contributed by atoms with E-state index in [4.69, 9.17) is 4.74 Å². The highest BCUT2D eigenvalue weighted by Gasteiger charge is 2.23. The van der Waals surface area contributed by atoms with Crippen molar-refractivity contribution >= 4 is 12.0 Å². The Morgan fingerprint density at radius 2 is 2.14 bits per heavy atom. The Morgan fingerprint density at radius 1 is 1.29 bits per heavy atom. The van der Waals surface area contributed by atoms with Crippen molar-refractivity contribution in [3.8, 4) is 17.1 Å². The number of H-pyrrole nitrogens is 1. The van der Waals surface area contributed by atoms with Crippen molar-refractivity contribution < 1.29 is 9.53 Å². The van der Waals surface area contributed by atoms with Crippen LogP contribution in [0.15, 0.2) is 60.4 Å². The van der Waals surface area contributed by atoms with Crippen molar-refractivity contribution in [2.45, 2.75) is 25.8 Å². The normalized spacial score (nSPS) is 15.9. The molecule has 1 aliphatic rings. The minimum atomic E-state index is -0.0456. The second-order valence-electron chi connectivity index (χ2n) is 6.99. The molecule has 28 heavy (non-hydrogen) atoms. The highest BCUT2D eigenvalue weighted by molar-refractivity contribution is 5.97. The number of aryl methyl sites for hydroxylation is 1. The Kier molecular flexibility index (Phi) is 4.98. The van der Waals surface area contributed by atoms with Gasteiger partial charge in [-0.25, -0.2) is 4.98 Å². The van der Waals surface area contributed by atoms with E-state index in [1.807, 2.05) is 43.3 Å². The van der Waals surface area contributed by atoms with Crippen LogP contribution in [0.25, 0.3) is 17.5 Å². The summed E-state index contributed by atoms with van der Waals surface area (Å²) in [5.74, 6) is 1.42. The average molecular weight is 373 g/mol. The van der Waals surface area contributed by atoms with Gasteiger partial charge in [-0.2, -0.15) is 0 Å². The zero-order chi connectivity index (χ0) is 19.5. The van der Waals surface area contributed by atoms with Crippen LogP contribution >= 0.6 is 0 Å². The summed E-state index contributed by atoms with van der Waals surface area (Å²) >= 11 is 0. The first kappa shape index (κ1) is 18.0. The zero-order valence-corrected chi connectivity index (χ0v) is 16.0. The first-order chi connectivity index (χ1) is 13.7. The molecular formula is C23H23N3O2. The quantitative estimate of drug-likeness (QED) is 0.656. The largest absolute Gasteiger partial charge is 0.496 e. The van der Waals surface area contributed by atoms with E-state index in [1.54, 1.807) is 19.5 Å². The lowest BCUT2D eigenvalue weighted by Gasteiger charge is -2.14. The van der Waals surface area contributed by atoms with E-state index in [1.165, 1.54) is 11.1 Å². The van der Waals surface area contributed by atoms with Gasteiger partial charge in [-0.15, -0.1) is 0 Å². The van der Waals surface area contributed by atoms with Crippen LogP contribution < -0.4 is 10.1 Å². The van der Waals surface area contributed by atoms with Gasteiger partial charge >= 0.3 is 0 Å². The van der Waals surface area contributed by atoms with Gasteiger partial charge in [0.15, 0.2) is 0 Å². The van der Waals surface area contributed by atoms with Crippen molar-refractivity contribution in [2.24, 2.45) is 0 Å². The first-order valence-electron chi connectivity index (χ1n) is 9.40. The lowest BCUT2D eigenvalue weighted by Crippen LogP contribution is -2.27. The maximum atomic E-state index is 12.7. The van der Waals surface area contributed by atoms with E-state index in [0.29, 0.717) is 11.3 Å². The summed E-state index contributed by atoms with van der Waals surface area (Å²) in [6.07, 6.45) is 7.32. The standard InChI is InChI=1S/C23H23N3O2/c1-15(23(27)26-20-10-8-17-5-3-4-6-18(17)20)13-16-7-9-19(21(14-16)28-2)22-24-11-12-25-22/h3-7,9,11-14,20H,8,10H2,1-2H3,(H,24,25)(H,26,27). The van der Waals surface area contributed by atoms with Gasteiger partial charge in [-0.3, -0.25) is 4.79 Å². The number of amides is 1. The second-order valence-corrected chi connectivity index (χ2v) is 6.99. The molecule has 0 fully saturated rings. The fourth-order valence-corrected chi connectivity index (χ4v) is 3.70. The third-order valence-electron chi connectivity index (χ3n) is 5.16. The number of nitrogens with zero attached hydrogens (tertiary/aromatic N) is 1. The monoisotopic (exact) mass is 373 g/mol. The second kappa shape index (κ2) is 7.72. The fraction of sp³-hybridized carbons (Fsp3) is 0.217. The summed E-state index contributed by atoms with van der Waals surface area (Å²) < 4.78 is 5.51. The third kappa shape index (κ3) is 3.56. The molecule has 0 saturated carbocycles. The molecule has 5 heteroatoms. The van der Waals surface area contributed by atoms with Gasteiger partial charge in [0.1, 0.15) is 11.6 Å². The summed E-state index contributed by atoms with van der Waals surface area (Å²) in [7, 11) is 1.63. The molecule has 0 radical (unpaired) electrons. The molecule has 0 aliphatic heterocycles. The number of imidazole rings is 1. The molecule has 0 spiro atoms. The van der Waals surface area contributed by atoms with E-state index >= 15 is 0 Å². The Hall–Kier alpha value is -3.34. The summed E-state index contributed by atoms with van der Waals surface area (Å²) in [5.41, 5.74) is 5.01. The molecule has 1 aromatic heterocycles. The van der Waals surface area contributed by atoms with Gasteiger partial charge in [0.05, 0.1) is 18.7 Å². The molecule has 3 aromatic rings. The van der Waals surface area contributed by atoms with Gasteiger partial charge in [0, 0.05) is 18.0 Å². The molecule has 1 aliphatic carbocycles. The van der Waals surface area contributed by atoms with Crippen LogP contribution in [0.2, 0.25) is 0 Å². The molecule has 2 aromatic carbocycles. The summed E-state index contributed by atoms with van der Waals surface area (Å²) in [4.78, 5) is 20.1. The van der Waals surface area contributed by atoms with Crippen molar-refractivity contribution in [1.82, 2.24) is 15.3 Å². The molecule has 5 nitrogen and oxygen atoms in total. The number of hydrogen-bond acceptors (Lipinski definition) is 3. The highest BCUT2D eigenvalue weighted by Crippen LogP contribution is 2.31. The van der Waals surface area contributed by atoms with Crippen molar-refractivity contribution in [3.63, 3.8) is 0 Å². The lowest BCUT2D eigenvalue weighted by atomic mass is 10.1. The number of benzene rings is 2. The van der Waals surface area contributed by atoms with Gasteiger partial charge in [0.2, 0.25) is 5.91 Å². The number of ether oxygens (including phenoxy) is 1. The van der Waals surface area contributed by atoms with Crippen LogP contribution in [-0.2, 0) is 11.2 Å². The topological polar surface area (TPSA) is 67.0 Å². The molecule has 1 amide bonds. The summed E-state index contributed by atoms with van der Waals surface area (Å²) in [6, 6.07) is 14.2. The number of nitrogens with one attached hydrogen (secondary N) is 2. The maximum absolute atomic E-state index is 12.7. The highest BCUT2D eigenvalue weighted by atomic mass is 16.5. The number of aromatic nitrogens is 2. The van der Waals surface area contributed by atoms with E-state index in [2.05, 4.69) is 27.4 Å². The third-order valence-corrected chi connectivity index (χ3v) is 5.16. The van der Waals surface area contributed by atoms with E-state index in [0.717, 1.165) is 29.8 Å². The van der Waals surface area contributed by atoms with Crippen molar-refractivity contribution in [3.05, 3.63) is 77.1 Å². The predicted octanol–water partition coefficient (Wildman–Crippen LogP) is 4.29. The predicted molar refractivity (Wildman–Crippen MR) is 110 cm³/mol. The SMILES string of the molecule is COc1cc(C=C(C)C(=O)NC2CCc3ccccc32)ccc1-c1ncc[nH]1. The van der Waals surface area contributed by atoms with Gasteiger partial charge < -0.3 is 15.0 Å². The number of methoxy groups -OCH3 is 1. The number of rotatable bonds is 5. The van der Waals surface area contributed by atoms with E-state index in [-0.39, 0.29) is 11.9 Å². The average Bonchev–Trinajstić information content (AvgIpc) is 3.38. The Labute approximate surface area is 164 Å². The Morgan fingerprint density at radius 3 is 2.93 bits per heavy atom. The summed E-state index contributed by atoms with van der Waals surface area (Å²) in [6.45, 7) is 1.84. The number of hydrogen-bond donors (Lipinski definition) is 2. The van der Waals surface area contributed by atoms with Crippen molar-refractivity contribution in [1.29, 1.82) is 0 Å². The number of carbonyl (C=O) groups is 1. The lowest BCUT2D eigenvalue weighted by molar-refractivity contribution is -0.118. The van der Waals surface area contributed by atoms with Gasteiger partial charge in [0.25, 0.3) is 0 Å². The molecule has 0 bridgehead atoms. The van der Waals surface area contributed by atoms with Crippen LogP contribution in [0, 0.1) is 0 Å². The minimum Gasteiger partial charge on any atom is -0.496 e. The number of carbonyl (C=O) groups excluding carboxylic acids is 1. The van der Waals surface area contributed by atoms with Crippen LogP contribution in [0.3, 0.4) is 0 Å². The molecular weight excluding hydrogens is 350 g/mol. The Bertz CT molecular complexity index is 1020. The van der Waals surface area contributed by atoms with E-state index < -0.39 is 0 Å². The van der Waals surface area contributed by atoms with Gasteiger partial charge in [-0.1, -0.05) is 30.3 Å². The summed E-state index contributed by atoms with van der Waals surface area (Å²) in [5, 5.41) is 3.16. The zero-order valence-electron chi connectivity index (χ0n) is 16.0. The van der Waals surface area contributed by atoms with Crippen LogP contribution in [0.5, 0.6) is 5.75 Å². The molecule has 0 saturated heterocycles. The molecule has 2 N–H and O–H groups in total. The smallest absolute Gasteiger partial charge is 0.247 e. The van der Waals surface area contributed by atoms with Gasteiger partial charge in [-0.05, 0) is 54.7 Å². The van der Waals surface area contributed by atoms with Crippen LogP contribution in [0.1, 0.15) is 36.1 Å². The van der Waals surface area contributed by atoms with Crippen LogP contribution in [0.4, 0.5) is 0 Å². The maximum Gasteiger partial charge on any atom is 0.247 e. The Balaban J connectivity index is 1.51. The minimum absolute atomic E-state index is 0.0456. The first-order valence-corrected chi connectivity index (χ1v) is 9.40. The molecule has 1 heterocycles. The number of aromatic amines is 1. The molecule has 142 valence electrons. The van der Waals surface area contributed by atoms with E-state index in [9.17, 15) is 4.79 Å². The number of fused-ring (bicyclic) bond motifs is 1. The van der Waals surface area contributed by atoms with Crippen LogP contribution in [-0.4, -0.2) is 23.0 Å². The molecule has 1 atom stereocenters.